The second-order valence-corrected chi connectivity index (χ2v) is 3.39. The Balaban J connectivity index is 2.08. The average Bonchev–Trinajstić information content (AvgIpc) is 1.79. The predicted molar refractivity (Wildman–Crippen MR) is 42.9 cm³/mol. The van der Waals surface area contributed by atoms with Gasteiger partial charge in [0.05, 0.1) is 5.92 Å². The van der Waals surface area contributed by atoms with Crippen LogP contribution in [-0.4, -0.2) is 30.5 Å². The van der Waals surface area contributed by atoms with Crippen LogP contribution in [0.4, 0.5) is 0 Å². The molecule has 1 saturated heterocycles. The van der Waals surface area contributed by atoms with Crippen LogP contribution in [0.2, 0.25) is 0 Å². The van der Waals surface area contributed by atoms with Gasteiger partial charge in [0.1, 0.15) is 0 Å². The van der Waals surface area contributed by atoms with E-state index >= 15 is 0 Å². The zero-order chi connectivity index (χ0) is 7.40. The number of hydrogen-bond donors (Lipinski definition) is 2. The van der Waals surface area contributed by atoms with Crippen molar-refractivity contribution in [2.24, 2.45) is 11.7 Å². The topological polar surface area (TPSA) is 55.1 Å². The van der Waals surface area contributed by atoms with E-state index in [1.807, 2.05) is 11.8 Å². The van der Waals surface area contributed by atoms with Crippen molar-refractivity contribution in [2.75, 3.05) is 24.6 Å². The van der Waals surface area contributed by atoms with Crippen molar-refractivity contribution in [3.63, 3.8) is 0 Å². The molecule has 1 aliphatic rings. The van der Waals surface area contributed by atoms with Gasteiger partial charge in [0.2, 0.25) is 5.91 Å². The average molecular weight is 160 g/mol. The van der Waals surface area contributed by atoms with Crippen LogP contribution >= 0.6 is 11.8 Å². The summed E-state index contributed by atoms with van der Waals surface area (Å²) in [5.41, 5.74) is 5.22. The first-order chi connectivity index (χ1) is 4.84. The molecule has 0 bridgehead atoms. The lowest BCUT2D eigenvalue weighted by Gasteiger charge is -2.23. The van der Waals surface area contributed by atoms with E-state index < -0.39 is 0 Å². The molecule has 3 nitrogen and oxygen atoms in total. The summed E-state index contributed by atoms with van der Waals surface area (Å²) in [4.78, 5) is 11.0. The number of thioether (sulfide) groups is 1. The first-order valence-electron chi connectivity index (χ1n) is 3.40. The monoisotopic (exact) mass is 160 g/mol. The van der Waals surface area contributed by atoms with Gasteiger partial charge in [-0.05, 0) is 0 Å². The molecule has 1 rings (SSSR count). The molecule has 3 N–H and O–H groups in total. The van der Waals surface area contributed by atoms with Crippen LogP contribution in [0.3, 0.4) is 0 Å². The Morgan fingerprint density at radius 3 is 2.80 bits per heavy atom. The third-order valence-corrected chi connectivity index (χ3v) is 2.73. The lowest BCUT2D eigenvalue weighted by atomic mass is 10.2. The molecule has 1 fully saturated rings. The Kier molecular flexibility index (Phi) is 3.02. The summed E-state index contributed by atoms with van der Waals surface area (Å²) in [5.74, 6) is 2.40. The Morgan fingerprint density at radius 1 is 1.70 bits per heavy atom. The van der Waals surface area contributed by atoms with Gasteiger partial charge in [-0.25, -0.2) is 0 Å². The molecule has 1 aliphatic heterocycles. The molecule has 0 aromatic rings. The van der Waals surface area contributed by atoms with Gasteiger partial charge < -0.3 is 11.1 Å². The van der Waals surface area contributed by atoms with E-state index in [9.17, 15) is 4.79 Å². The SMILES string of the molecule is NCCNC(=O)C1CSC1. The van der Waals surface area contributed by atoms with Crippen molar-refractivity contribution >= 4 is 17.7 Å². The molecule has 4 heteroatoms. The maximum Gasteiger partial charge on any atom is 0.224 e. The van der Waals surface area contributed by atoms with Crippen molar-refractivity contribution in [3.8, 4) is 0 Å². The Labute approximate surface area is 64.7 Å². The first-order valence-corrected chi connectivity index (χ1v) is 4.55. The summed E-state index contributed by atoms with van der Waals surface area (Å²) in [6.07, 6.45) is 0. The Bertz CT molecular complexity index is 125. The van der Waals surface area contributed by atoms with Crippen molar-refractivity contribution in [1.82, 2.24) is 5.32 Å². The standard InChI is InChI=1S/C6H12N2OS/c7-1-2-8-6(9)5-3-10-4-5/h5H,1-4,7H2,(H,8,9). The minimum Gasteiger partial charge on any atom is -0.355 e. The van der Waals surface area contributed by atoms with E-state index in [1.165, 1.54) is 0 Å². The third kappa shape index (κ3) is 1.88. The minimum atomic E-state index is 0.171. The molecule has 0 unspecified atom stereocenters. The number of carbonyl (C=O) groups excluding carboxylic acids is 1. The van der Waals surface area contributed by atoms with Gasteiger partial charge in [-0.2, -0.15) is 11.8 Å². The Morgan fingerprint density at radius 2 is 2.40 bits per heavy atom. The van der Waals surface area contributed by atoms with Gasteiger partial charge >= 0.3 is 0 Å². The Hall–Kier alpha value is -0.220. The van der Waals surface area contributed by atoms with E-state index in [4.69, 9.17) is 5.73 Å². The molecular weight excluding hydrogens is 148 g/mol. The van der Waals surface area contributed by atoms with Crippen LogP contribution in [0.1, 0.15) is 0 Å². The second-order valence-electron chi connectivity index (χ2n) is 2.31. The van der Waals surface area contributed by atoms with E-state index in [0.29, 0.717) is 13.1 Å². The number of carbonyl (C=O) groups is 1. The fraction of sp³-hybridized carbons (Fsp3) is 0.833. The second kappa shape index (κ2) is 3.83. The molecule has 58 valence electrons. The predicted octanol–water partition coefficient (Wildman–Crippen LogP) is -0.576. The van der Waals surface area contributed by atoms with Crippen LogP contribution in [0.25, 0.3) is 0 Å². The van der Waals surface area contributed by atoms with Gasteiger partial charge in [-0.15, -0.1) is 0 Å². The van der Waals surface area contributed by atoms with Gasteiger partial charge in [0, 0.05) is 24.6 Å². The van der Waals surface area contributed by atoms with E-state index in [0.717, 1.165) is 11.5 Å². The van der Waals surface area contributed by atoms with E-state index in [-0.39, 0.29) is 11.8 Å². The molecule has 1 heterocycles. The van der Waals surface area contributed by atoms with Crippen LogP contribution in [0.15, 0.2) is 0 Å². The maximum absolute atomic E-state index is 11.0. The molecule has 0 aliphatic carbocycles. The van der Waals surface area contributed by atoms with Gasteiger partial charge in [0.25, 0.3) is 0 Å². The molecule has 10 heavy (non-hydrogen) atoms. The van der Waals surface area contributed by atoms with Crippen LogP contribution in [0, 0.1) is 5.92 Å². The van der Waals surface area contributed by atoms with Crippen molar-refractivity contribution in [1.29, 1.82) is 0 Å². The van der Waals surface area contributed by atoms with Crippen molar-refractivity contribution in [2.45, 2.75) is 0 Å². The molecule has 0 saturated carbocycles. The fourth-order valence-corrected chi connectivity index (χ4v) is 1.50. The first kappa shape index (κ1) is 7.88. The number of hydrogen-bond acceptors (Lipinski definition) is 3. The van der Waals surface area contributed by atoms with Crippen LogP contribution < -0.4 is 11.1 Å². The summed E-state index contributed by atoms with van der Waals surface area (Å²) in [6, 6.07) is 0. The van der Waals surface area contributed by atoms with Crippen LogP contribution in [-0.2, 0) is 4.79 Å². The van der Waals surface area contributed by atoms with Crippen molar-refractivity contribution < 1.29 is 4.79 Å². The smallest absolute Gasteiger partial charge is 0.224 e. The lowest BCUT2D eigenvalue weighted by Crippen LogP contribution is -2.39. The summed E-state index contributed by atoms with van der Waals surface area (Å²) in [6.45, 7) is 1.14. The van der Waals surface area contributed by atoms with Crippen molar-refractivity contribution in [3.05, 3.63) is 0 Å². The maximum atomic E-state index is 11.0. The third-order valence-electron chi connectivity index (χ3n) is 1.45. The summed E-state index contributed by atoms with van der Waals surface area (Å²) in [5, 5.41) is 2.76. The zero-order valence-corrected chi connectivity index (χ0v) is 6.62. The summed E-state index contributed by atoms with van der Waals surface area (Å²) < 4.78 is 0. The van der Waals surface area contributed by atoms with Gasteiger partial charge in [-0.1, -0.05) is 0 Å². The molecule has 0 atom stereocenters. The molecular formula is C6H12N2OS. The quantitative estimate of drug-likeness (QED) is 0.581. The lowest BCUT2D eigenvalue weighted by molar-refractivity contribution is -0.123. The number of nitrogens with two attached hydrogens (primary N) is 1. The summed E-state index contributed by atoms with van der Waals surface area (Å²) >= 11 is 1.81. The highest BCUT2D eigenvalue weighted by Gasteiger charge is 2.25. The molecule has 0 radical (unpaired) electrons. The van der Waals surface area contributed by atoms with Crippen LogP contribution in [0.5, 0.6) is 0 Å². The highest BCUT2D eigenvalue weighted by Crippen LogP contribution is 2.24. The number of amides is 1. The highest BCUT2D eigenvalue weighted by molar-refractivity contribution is 8.00. The molecule has 0 spiro atoms. The summed E-state index contributed by atoms with van der Waals surface area (Å²) in [7, 11) is 0. The number of nitrogens with one attached hydrogen (secondary N) is 1. The number of rotatable bonds is 3. The molecule has 0 aromatic carbocycles. The fourth-order valence-electron chi connectivity index (χ4n) is 0.727. The normalized spacial score (nSPS) is 18.1. The highest BCUT2D eigenvalue weighted by atomic mass is 32.2. The minimum absolute atomic E-state index is 0.171. The van der Waals surface area contributed by atoms with Gasteiger partial charge in [-0.3, -0.25) is 4.79 Å². The zero-order valence-electron chi connectivity index (χ0n) is 5.80. The molecule has 0 aromatic heterocycles. The van der Waals surface area contributed by atoms with E-state index in [1.54, 1.807) is 0 Å². The molecule has 1 amide bonds. The van der Waals surface area contributed by atoms with E-state index in [2.05, 4.69) is 5.32 Å². The van der Waals surface area contributed by atoms with Gasteiger partial charge in [0.15, 0.2) is 0 Å². The largest absolute Gasteiger partial charge is 0.355 e.